The molecule has 6 heteroatoms. The van der Waals surface area contributed by atoms with Crippen LogP contribution >= 0.6 is 0 Å². The van der Waals surface area contributed by atoms with Gasteiger partial charge in [-0.1, -0.05) is 12.1 Å². The lowest BCUT2D eigenvalue weighted by atomic mass is 9.92. The van der Waals surface area contributed by atoms with Crippen molar-refractivity contribution in [1.29, 1.82) is 0 Å². The van der Waals surface area contributed by atoms with Crippen molar-refractivity contribution in [1.82, 2.24) is 0 Å². The maximum Gasteiger partial charge on any atom is 0.128 e. The summed E-state index contributed by atoms with van der Waals surface area (Å²) in [7, 11) is 1.65. The number of ether oxygens (including phenoxy) is 4. The summed E-state index contributed by atoms with van der Waals surface area (Å²) in [4.78, 5) is 0. The van der Waals surface area contributed by atoms with E-state index < -0.39 is 6.10 Å². The molecule has 0 bridgehead atoms. The Morgan fingerprint density at radius 1 is 1.00 bits per heavy atom. The molecule has 0 saturated carbocycles. The van der Waals surface area contributed by atoms with Crippen LogP contribution in [0.15, 0.2) is 36.4 Å². The summed E-state index contributed by atoms with van der Waals surface area (Å²) in [5.41, 5.74) is 3.00. The molecule has 1 aliphatic heterocycles. The molecular weight excluding hydrogens is 384 g/mol. The van der Waals surface area contributed by atoms with Crippen LogP contribution in [-0.4, -0.2) is 49.4 Å². The lowest BCUT2D eigenvalue weighted by Crippen LogP contribution is -2.33. The topological polar surface area (TPSA) is 77.4 Å². The van der Waals surface area contributed by atoms with Crippen LogP contribution in [0.1, 0.15) is 49.5 Å². The van der Waals surface area contributed by atoms with Crippen LogP contribution in [-0.2, 0) is 11.2 Å². The summed E-state index contributed by atoms with van der Waals surface area (Å²) in [5.74, 6) is 2.27. The highest BCUT2D eigenvalue weighted by Gasteiger charge is 2.31. The second-order valence-corrected chi connectivity index (χ2v) is 7.44. The van der Waals surface area contributed by atoms with Gasteiger partial charge in [-0.3, -0.25) is 0 Å². The van der Waals surface area contributed by atoms with Crippen LogP contribution < -0.4 is 14.2 Å². The first kappa shape index (κ1) is 22.4. The van der Waals surface area contributed by atoms with Crippen molar-refractivity contribution in [2.75, 3.05) is 26.9 Å². The molecule has 3 rings (SSSR count). The predicted molar refractivity (Wildman–Crippen MR) is 115 cm³/mol. The van der Waals surface area contributed by atoms with Crippen molar-refractivity contribution < 1.29 is 29.2 Å². The van der Waals surface area contributed by atoms with Gasteiger partial charge in [-0.2, -0.15) is 0 Å². The molecule has 2 aromatic carbocycles. The summed E-state index contributed by atoms with van der Waals surface area (Å²) < 4.78 is 23.1. The second-order valence-electron chi connectivity index (χ2n) is 7.44. The van der Waals surface area contributed by atoms with Gasteiger partial charge in [0.25, 0.3) is 0 Å². The Labute approximate surface area is 178 Å². The first-order valence-corrected chi connectivity index (χ1v) is 10.6. The first-order valence-electron chi connectivity index (χ1n) is 10.6. The molecule has 1 fully saturated rings. The van der Waals surface area contributed by atoms with E-state index in [0.717, 1.165) is 28.2 Å². The fourth-order valence-corrected chi connectivity index (χ4v) is 3.88. The number of rotatable bonds is 9. The third-order valence-electron chi connectivity index (χ3n) is 5.27. The average molecular weight is 417 g/mol. The minimum atomic E-state index is -0.521. The van der Waals surface area contributed by atoms with Gasteiger partial charge in [-0.15, -0.1) is 0 Å². The molecule has 0 unspecified atom stereocenters. The summed E-state index contributed by atoms with van der Waals surface area (Å²) in [6, 6.07) is 11.9. The summed E-state index contributed by atoms with van der Waals surface area (Å²) in [5, 5.41) is 19.8. The Morgan fingerprint density at radius 2 is 1.73 bits per heavy atom. The van der Waals surface area contributed by atoms with E-state index in [1.165, 1.54) is 0 Å². The second kappa shape index (κ2) is 10.7. The van der Waals surface area contributed by atoms with Gasteiger partial charge in [0.2, 0.25) is 0 Å². The molecule has 0 amide bonds. The van der Waals surface area contributed by atoms with E-state index in [1.807, 2.05) is 50.2 Å². The third-order valence-corrected chi connectivity index (χ3v) is 5.27. The summed E-state index contributed by atoms with van der Waals surface area (Å²) in [6.45, 7) is 4.92. The molecule has 1 aliphatic rings. The van der Waals surface area contributed by atoms with Gasteiger partial charge in [-0.25, -0.2) is 0 Å². The Bertz CT molecular complexity index is 804. The van der Waals surface area contributed by atoms with E-state index in [4.69, 9.17) is 18.9 Å². The van der Waals surface area contributed by atoms with E-state index in [-0.39, 0.29) is 18.8 Å². The van der Waals surface area contributed by atoms with Crippen LogP contribution in [0.25, 0.3) is 0 Å². The Kier molecular flexibility index (Phi) is 7.96. The van der Waals surface area contributed by atoms with E-state index in [9.17, 15) is 10.2 Å². The standard InChI is InChI=1S/C24H32O6/c1-4-28-19-8-6-16(7-9-19)10-17-11-21(23(29-5-2)14-22(17)27-3)24-13-18(26)12-20(15-25)30-24/h6-9,11,14,18,20,24-26H,4-5,10,12-13,15H2,1-3H3/t18-,20-,24+/m0/s1. The lowest BCUT2D eigenvalue weighted by molar-refractivity contribution is -0.114. The van der Waals surface area contributed by atoms with Gasteiger partial charge in [-0.05, 0) is 43.2 Å². The minimum Gasteiger partial charge on any atom is -0.496 e. The fourth-order valence-electron chi connectivity index (χ4n) is 3.88. The minimum absolute atomic E-state index is 0.118. The largest absolute Gasteiger partial charge is 0.496 e. The highest BCUT2D eigenvalue weighted by molar-refractivity contribution is 5.49. The molecule has 1 saturated heterocycles. The zero-order valence-electron chi connectivity index (χ0n) is 18.0. The normalized spacial score (nSPS) is 21.3. The number of hydrogen-bond donors (Lipinski definition) is 2. The average Bonchev–Trinajstić information content (AvgIpc) is 2.75. The third kappa shape index (κ3) is 5.45. The molecule has 6 nitrogen and oxygen atoms in total. The first-order chi connectivity index (χ1) is 14.6. The number of hydrogen-bond acceptors (Lipinski definition) is 6. The molecule has 3 atom stereocenters. The molecular formula is C24H32O6. The Balaban J connectivity index is 1.93. The van der Waals surface area contributed by atoms with Gasteiger partial charge < -0.3 is 29.2 Å². The summed E-state index contributed by atoms with van der Waals surface area (Å²) >= 11 is 0. The smallest absolute Gasteiger partial charge is 0.128 e. The molecule has 164 valence electrons. The molecule has 2 aromatic rings. The van der Waals surface area contributed by atoms with Gasteiger partial charge in [0.05, 0.1) is 45.2 Å². The Morgan fingerprint density at radius 3 is 2.37 bits per heavy atom. The molecule has 0 aliphatic carbocycles. The van der Waals surface area contributed by atoms with Gasteiger partial charge in [0.1, 0.15) is 17.2 Å². The monoisotopic (exact) mass is 416 g/mol. The van der Waals surface area contributed by atoms with Crippen molar-refractivity contribution in [3.05, 3.63) is 53.1 Å². The highest BCUT2D eigenvalue weighted by Crippen LogP contribution is 2.40. The van der Waals surface area contributed by atoms with E-state index >= 15 is 0 Å². The molecule has 30 heavy (non-hydrogen) atoms. The lowest BCUT2D eigenvalue weighted by Gasteiger charge is -2.33. The zero-order chi connectivity index (χ0) is 21.5. The Hall–Kier alpha value is -2.28. The van der Waals surface area contributed by atoms with E-state index in [0.29, 0.717) is 38.2 Å². The van der Waals surface area contributed by atoms with Crippen molar-refractivity contribution in [3.63, 3.8) is 0 Å². The van der Waals surface area contributed by atoms with Gasteiger partial charge in [0, 0.05) is 30.9 Å². The molecule has 0 spiro atoms. The van der Waals surface area contributed by atoms with Gasteiger partial charge >= 0.3 is 0 Å². The quantitative estimate of drug-likeness (QED) is 0.650. The van der Waals surface area contributed by atoms with E-state index in [2.05, 4.69) is 0 Å². The van der Waals surface area contributed by atoms with Crippen LogP contribution in [0, 0.1) is 0 Å². The molecule has 0 radical (unpaired) electrons. The molecule has 2 N–H and O–H groups in total. The maximum absolute atomic E-state index is 10.3. The van der Waals surface area contributed by atoms with Gasteiger partial charge in [0.15, 0.2) is 0 Å². The summed E-state index contributed by atoms with van der Waals surface area (Å²) in [6.07, 6.45) is 0.319. The predicted octanol–water partition coefficient (Wildman–Crippen LogP) is 3.66. The SMILES string of the molecule is CCOc1ccc(Cc2cc([C@H]3C[C@@H](O)C[C@@H](CO)O3)c(OCC)cc2OC)cc1. The molecule has 1 heterocycles. The van der Waals surface area contributed by atoms with E-state index in [1.54, 1.807) is 7.11 Å². The highest BCUT2D eigenvalue weighted by atomic mass is 16.5. The van der Waals surface area contributed by atoms with Crippen molar-refractivity contribution in [3.8, 4) is 17.2 Å². The number of aliphatic hydroxyl groups excluding tert-OH is 2. The van der Waals surface area contributed by atoms with Crippen LogP contribution in [0.4, 0.5) is 0 Å². The van der Waals surface area contributed by atoms with Crippen LogP contribution in [0.2, 0.25) is 0 Å². The number of benzene rings is 2. The van der Waals surface area contributed by atoms with Crippen molar-refractivity contribution >= 4 is 0 Å². The van der Waals surface area contributed by atoms with Crippen LogP contribution in [0.5, 0.6) is 17.2 Å². The number of aliphatic hydroxyl groups is 2. The maximum atomic E-state index is 10.3. The zero-order valence-corrected chi connectivity index (χ0v) is 18.0. The number of methoxy groups -OCH3 is 1. The molecule has 0 aromatic heterocycles. The fraction of sp³-hybridized carbons (Fsp3) is 0.500. The van der Waals surface area contributed by atoms with Crippen molar-refractivity contribution in [2.24, 2.45) is 0 Å². The van der Waals surface area contributed by atoms with Crippen LogP contribution in [0.3, 0.4) is 0 Å². The van der Waals surface area contributed by atoms with Crippen molar-refractivity contribution in [2.45, 2.75) is 51.4 Å².